The van der Waals surface area contributed by atoms with Crippen LogP contribution >= 0.6 is 0 Å². The van der Waals surface area contributed by atoms with Gasteiger partial charge in [0.05, 0.1) is 12.1 Å². The molecule has 1 atom stereocenters. The Morgan fingerprint density at radius 2 is 2.19 bits per heavy atom. The van der Waals surface area contributed by atoms with Gasteiger partial charge in [0.1, 0.15) is 0 Å². The molecule has 1 aliphatic rings. The molecule has 3 rings (SSSR count). The summed E-state index contributed by atoms with van der Waals surface area (Å²) in [6, 6.07) is 8.93. The van der Waals surface area contributed by atoms with Crippen LogP contribution in [0.4, 0.5) is 5.69 Å². The van der Waals surface area contributed by atoms with Crippen molar-refractivity contribution in [3.63, 3.8) is 0 Å². The lowest BCUT2D eigenvalue weighted by atomic mass is 9.98. The Labute approximate surface area is 121 Å². The zero-order valence-corrected chi connectivity index (χ0v) is 11.4. The molecular weight excluding hydrogens is 272 g/mol. The highest BCUT2D eigenvalue weighted by atomic mass is 16.5. The van der Waals surface area contributed by atoms with Crippen molar-refractivity contribution in [2.24, 2.45) is 0 Å². The standard InChI is InChI=1S/C15H14N2O4/c1-9-6-13(21-16-9)15(20)17-8-10(7-14(18)19)11-4-2-3-5-12(11)17/h2-6,10H,7-8H2,1H3,(H,18,19). The number of carbonyl (C=O) groups is 2. The molecule has 2 heterocycles. The molecule has 1 aromatic heterocycles. The van der Waals surface area contributed by atoms with Crippen LogP contribution in [-0.4, -0.2) is 28.7 Å². The Hall–Kier alpha value is -2.63. The number of aromatic nitrogens is 1. The second-order valence-corrected chi connectivity index (χ2v) is 5.10. The number of amides is 1. The van der Waals surface area contributed by atoms with Crippen molar-refractivity contribution in [1.82, 2.24) is 5.16 Å². The lowest BCUT2D eigenvalue weighted by Gasteiger charge is -2.15. The molecule has 0 radical (unpaired) electrons. The van der Waals surface area contributed by atoms with Crippen LogP contribution in [0, 0.1) is 6.92 Å². The number of hydrogen-bond donors (Lipinski definition) is 1. The summed E-state index contributed by atoms with van der Waals surface area (Å²) in [5.41, 5.74) is 2.25. The van der Waals surface area contributed by atoms with E-state index in [0.29, 0.717) is 12.2 Å². The molecule has 6 nitrogen and oxygen atoms in total. The van der Waals surface area contributed by atoms with Gasteiger partial charge in [0.15, 0.2) is 0 Å². The summed E-state index contributed by atoms with van der Waals surface area (Å²) in [5, 5.41) is 12.7. The van der Waals surface area contributed by atoms with Crippen molar-refractivity contribution in [2.75, 3.05) is 11.4 Å². The lowest BCUT2D eigenvalue weighted by Crippen LogP contribution is -2.29. The van der Waals surface area contributed by atoms with Crippen LogP contribution in [0.25, 0.3) is 0 Å². The van der Waals surface area contributed by atoms with Gasteiger partial charge in [-0.05, 0) is 18.6 Å². The highest BCUT2D eigenvalue weighted by Gasteiger charge is 2.34. The Bertz CT molecular complexity index is 707. The summed E-state index contributed by atoms with van der Waals surface area (Å²) in [5.74, 6) is -1.21. The average Bonchev–Trinajstić information content (AvgIpc) is 3.03. The molecule has 0 spiro atoms. The maximum Gasteiger partial charge on any atom is 0.304 e. The fourth-order valence-electron chi connectivity index (χ4n) is 2.67. The first kappa shape index (κ1) is 13.4. The molecule has 0 saturated heterocycles. The number of hydrogen-bond acceptors (Lipinski definition) is 4. The fraction of sp³-hybridized carbons (Fsp3) is 0.267. The number of anilines is 1. The van der Waals surface area contributed by atoms with Crippen molar-refractivity contribution in [3.05, 3.63) is 47.3 Å². The van der Waals surface area contributed by atoms with Gasteiger partial charge >= 0.3 is 5.97 Å². The van der Waals surface area contributed by atoms with E-state index in [1.165, 1.54) is 0 Å². The normalized spacial score (nSPS) is 16.8. The molecule has 1 N–H and O–H groups in total. The number of rotatable bonds is 3. The van der Waals surface area contributed by atoms with E-state index in [-0.39, 0.29) is 24.0 Å². The zero-order chi connectivity index (χ0) is 15.0. The number of aryl methyl sites for hydroxylation is 1. The van der Waals surface area contributed by atoms with Crippen molar-refractivity contribution in [2.45, 2.75) is 19.3 Å². The summed E-state index contributed by atoms with van der Waals surface area (Å²) in [6.07, 6.45) is -0.00374. The number of benzene rings is 1. The summed E-state index contributed by atoms with van der Waals surface area (Å²) in [6.45, 7) is 2.08. The van der Waals surface area contributed by atoms with Crippen LogP contribution in [-0.2, 0) is 4.79 Å². The average molecular weight is 286 g/mol. The minimum atomic E-state index is -0.875. The molecule has 0 aliphatic carbocycles. The number of nitrogens with zero attached hydrogens (tertiary/aromatic N) is 2. The Balaban J connectivity index is 1.94. The van der Waals surface area contributed by atoms with E-state index in [1.807, 2.05) is 24.3 Å². The smallest absolute Gasteiger partial charge is 0.304 e. The Morgan fingerprint density at radius 1 is 1.43 bits per heavy atom. The van der Waals surface area contributed by atoms with E-state index in [4.69, 9.17) is 9.63 Å². The van der Waals surface area contributed by atoms with Crippen molar-refractivity contribution >= 4 is 17.6 Å². The molecule has 1 unspecified atom stereocenters. The quantitative estimate of drug-likeness (QED) is 0.935. The SMILES string of the molecule is Cc1cc(C(=O)N2CC(CC(=O)O)c3ccccc32)on1. The molecule has 1 aliphatic heterocycles. The lowest BCUT2D eigenvalue weighted by molar-refractivity contribution is -0.137. The monoisotopic (exact) mass is 286 g/mol. The largest absolute Gasteiger partial charge is 0.481 e. The first-order chi connectivity index (χ1) is 10.1. The molecule has 0 saturated carbocycles. The Kier molecular flexibility index (Phi) is 3.21. The van der Waals surface area contributed by atoms with Crippen LogP contribution < -0.4 is 4.90 Å². The number of fused-ring (bicyclic) bond motifs is 1. The number of carboxylic acids is 1. The maximum absolute atomic E-state index is 12.5. The number of para-hydroxylation sites is 1. The maximum atomic E-state index is 12.5. The fourth-order valence-corrected chi connectivity index (χ4v) is 2.67. The van der Waals surface area contributed by atoms with Gasteiger partial charge in [-0.15, -0.1) is 0 Å². The van der Waals surface area contributed by atoms with Crippen LogP contribution in [0.15, 0.2) is 34.9 Å². The minimum Gasteiger partial charge on any atom is -0.481 e. The third-order valence-electron chi connectivity index (χ3n) is 3.58. The third-order valence-corrected chi connectivity index (χ3v) is 3.58. The second kappa shape index (κ2) is 5.05. The van der Waals surface area contributed by atoms with E-state index in [1.54, 1.807) is 17.9 Å². The van der Waals surface area contributed by atoms with Crippen molar-refractivity contribution in [1.29, 1.82) is 0 Å². The highest BCUT2D eigenvalue weighted by molar-refractivity contribution is 6.05. The summed E-state index contributed by atoms with van der Waals surface area (Å²) >= 11 is 0. The zero-order valence-electron chi connectivity index (χ0n) is 11.4. The van der Waals surface area contributed by atoms with E-state index in [2.05, 4.69) is 5.16 Å². The van der Waals surface area contributed by atoms with E-state index in [0.717, 1.165) is 11.3 Å². The van der Waals surface area contributed by atoms with Gasteiger partial charge in [-0.25, -0.2) is 0 Å². The molecular formula is C15H14N2O4. The van der Waals surface area contributed by atoms with Gasteiger partial charge in [-0.1, -0.05) is 23.4 Å². The van der Waals surface area contributed by atoms with Gasteiger partial charge in [0.2, 0.25) is 5.76 Å². The number of carboxylic acid groups (broad SMARTS) is 1. The molecule has 1 aromatic carbocycles. The third kappa shape index (κ3) is 2.40. The second-order valence-electron chi connectivity index (χ2n) is 5.10. The number of carbonyl (C=O) groups excluding carboxylic acids is 1. The van der Waals surface area contributed by atoms with Crippen LogP contribution in [0.5, 0.6) is 0 Å². The van der Waals surface area contributed by atoms with E-state index >= 15 is 0 Å². The topological polar surface area (TPSA) is 83.6 Å². The van der Waals surface area contributed by atoms with E-state index in [9.17, 15) is 9.59 Å². The molecule has 0 bridgehead atoms. The van der Waals surface area contributed by atoms with Crippen molar-refractivity contribution in [3.8, 4) is 0 Å². The van der Waals surface area contributed by atoms with Crippen LogP contribution in [0.3, 0.4) is 0 Å². The first-order valence-electron chi connectivity index (χ1n) is 6.62. The van der Waals surface area contributed by atoms with Crippen LogP contribution in [0.2, 0.25) is 0 Å². The minimum absolute atomic E-state index is 0.00374. The molecule has 6 heteroatoms. The molecule has 108 valence electrons. The van der Waals surface area contributed by atoms with E-state index < -0.39 is 5.97 Å². The predicted octanol–water partition coefficient (Wildman–Crippen LogP) is 2.20. The van der Waals surface area contributed by atoms with Gasteiger partial charge in [0, 0.05) is 24.2 Å². The van der Waals surface area contributed by atoms with Gasteiger partial charge in [-0.2, -0.15) is 0 Å². The van der Waals surface area contributed by atoms with Gasteiger partial charge in [0.25, 0.3) is 5.91 Å². The van der Waals surface area contributed by atoms with Crippen molar-refractivity contribution < 1.29 is 19.2 Å². The molecule has 0 fully saturated rings. The first-order valence-corrected chi connectivity index (χ1v) is 6.62. The molecule has 21 heavy (non-hydrogen) atoms. The molecule has 1 amide bonds. The van der Waals surface area contributed by atoms with Gasteiger partial charge < -0.3 is 14.5 Å². The van der Waals surface area contributed by atoms with Crippen LogP contribution in [0.1, 0.15) is 34.2 Å². The predicted molar refractivity (Wildman–Crippen MR) is 74.4 cm³/mol. The summed E-state index contributed by atoms with van der Waals surface area (Å²) in [4.78, 5) is 25.0. The molecule has 2 aromatic rings. The summed E-state index contributed by atoms with van der Waals surface area (Å²) < 4.78 is 5.01. The Morgan fingerprint density at radius 3 is 2.86 bits per heavy atom. The number of aliphatic carboxylic acids is 1. The van der Waals surface area contributed by atoms with Gasteiger partial charge in [-0.3, -0.25) is 9.59 Å². The highest BCUT2D eigenvalue weighted by Crippen LogP contribution is 2.38. The summed E-state index contributed by atoms with van der Waals surface area (Å²) in [7, 11) is 0.